The lowest BCUT2D eigenvalue weighted by Crippen LogP contribution is -2.21. The Morgan fingerprint density at radius 3 is 2.38 bits per heavy atom. The number of ether oxygens (including phenoxy) is 3. The molecular weight excluding hydrogens is 496 g/mol. The van der Waals surface area contributed by atoms with Crippen LogP contribution < -0.4 is 24.8 Å². The van der Waals surface area contributed by atoms with Crippen LogP contribution in [0, 0.1) is 0 Å². The molecule has 0 atom stereocenters. The molecule has 0 saturated heterocycles. The summed E-state index contributed by atoms with van der Waals surface area (Å²) < 4.78 is 18.6. The molecule has 0 saturated carbocycles. The van der Waals surface area contributed by atoms with E-state index < -0.39 is 6.03 Å². The van der Waals surface area contributed by atoms with Crippen molar-refractivity contribution in [2.24, 2.45) is 0 Å². The van der Waals surface area contributed by atoms with E-state index in [1.165, 1.54) is 6.33 Å². The smallest absolute Gasteiger partial charge is 0.324 e. The number of carbonyl (C=O) groups excluding carboxylic acids is 1. The molecule has 39 heavy (non-hydrogen) atoms. The molecule has 198 valence electrons. The van der Waals surface area contributed by atoms with E-state index in [1.54, 1.807) is 55.3 Å². The number of para-hydroxylation sites is 1. The molecule has 0 fully saturated rings. The van der Waals surface area contributed by atoms with Crippen LogP contribution >= 0.6 is 0 Å². The molecule has 0 aliphatic heterocycles. The predicted molar refractivity (Wildman–Crippen MR) is 149 cm³/mol. The second kappa shape index (κ2) is 11.1. The summed E-state index contributed by atoms with van der Waals surface area (Å²) in [4.78, 5) is 21.6. The summed E-state index contributed by atoms with van der Waals surface area (Å²) in [5.41, 5.74) is 2.90. The van der Waals surface area contributed by atoms with Crippen LogP contribution in [-0.4, -0.2) is 40.0 Å². The molecule has 10 nitrogen and oxygen atoms in total. The van der Waals surface area contributed by atoms with E-state index in [4.69, 9.17) is 14.2 Å². The molecule has 3 aromatic carbocycles. The van der Waals surface area contributed by atoms with Gasteiger partial charge in [0, 0.05) is 23.9 Å². The van der Waals surface area contributed by atoms with Crippen molar-refractivity contribution in [3.63, 3.8) is 0 Å². The van der Waals surface area contributed by atoms with E-state index in [9.17, 15) is 4.79 Å². The van der Waals surface area contributed by atoms with E-state index in [0.29, 0.717) is 45.5 Å². The number of amides is 2. The fraction of sp³-hybridized carbons (Fsp3) is 0.172. The Kier molecular flexibility index (Phi) is 7.26. The topological polar surface area (TPSA) is 112 Å². The Hall–Kier alpha value is -5.12. The molecule has 0 spiro atoms. The average molecular weight is 525 g/mol. The lowest BCUT2D eigenvalue weighted by atomic mass is 10.1. The second-order valence-corrected chi connectivity index (χ2v) is 8.97. The molecule has 2 heterocycles. The van der Waals surface area contributed by atoms with Crippen LogP contribution in [0.4, 0.5) is 16.3 Å². The summed E-state index contributed by atoms with van der Waals surface area (Å²) in [5.74, 6) is 2.68. The van der Waals surface area contributed by atoms with E-state index in [0.717, 1.165) is 11.4 Å². The first-order valence-electron chi connectivity index (χ1n) is 12.3. The Morgan fingerprint density at radius 2 is 1.64 bits per heavy atom. The first-order chi connectivity index (χ1) is 18.9. The first-order valence-corrected chi connectivity index (χ1v) is 12.3. The van der Waals surface area contributed by atoms with Crippen LogP contribution in [0.2, 0.25) is 0 Å². The molecule has 0 aliphatic rings. The lowest BCUT2D eigenvalue weighted by molar-refractivity contribution is 0.262. The molecule has 0 unspecified atom stereocenters. The molecule has 2 amide bonds. The zero-order valence-electron chi connectivity index (χ0n) is 22.0. The van der Waals surface area contributed by atoms with Crippen molar-refractivity contribution >= 4 is 28.4 Å². The number of urea groups is 1. The third-order valence-corrected chi connectivity index (χ3v) is 5.97. The number of rotatable bonds is 8. The van der Waals surface area contributed by atoms with E-state index >= 15 is 0 Å². The van der Waals surface area contributed by atoms with Crippen LogP contribution in [0.3, 0.4) is 0 Å². The summed E-state index contributed by atoms with van der Waals surface area (Å²) in [6.07, 6.45) is 1.42. The van der Waals surface area contributed by atoms with Crippen molar-refractivity contribution < 1.29 is 19.0 Å². The van der Waals surface area contributed by atoms with Gasteiger partial charge in [-0.15, -0.1) is 0 Å². The van der Waals surface area contributed by atoms with Gasteiger partial charge < -0.3 is 19.5 Å². The zero-order valence-corrected chi connectivity index (χ0v) is 22.0. The molecule has 2 aromatic heterocycles. The molecule has 5 aromatic rings. The van der Waals surface area contributed by atoms with E-state index in [-0.39, 0.29) is 5.92 Å². The highest BCUT2D eigenvalue weighted by Gasteiger charge is 2.16. The molecule has 5 rings (SSSR count). The highest BCUT2D eigenvalue weighted by atomic mass is 16.5. The molecule has 10 heteroatoms. The van der Waals surface area contributed by atoms with Gasteiger partial charge in [-0.25, -0.2) is 19.4 Å². The minimum Gasteiger partial charge on any atom is -0.493 e. The van der Waals surface area contributed by atoms with Gasteiger partial charge in [0.05, 0.1) is 36.5 Å². The number of methoxy groups -OCH3 is 2. The maximum absolute atomic E-state index is 13.0. The third kappa shape index (κ3) is 5.59. The molecule has 2 N–H and O–H groups in total. The molecular formula is C29H28N6O4. The fourth-order valence-electron chi connectivity index (χ4n) is 4.00. The Morgan fingerprint density at radius 1 is 0.872 bits per heavy atom. The monoisotopic (exact) mass is 524 g/mol. The highest BCUT2D eigenvalue weighted by molar-refractivity contribution is 5.99. The highest BCUT2D eigenvalue weighted by Crippen LogP contribution is 2.36. The number of hydrogen-bond donors (Lipinski definition) is 2. The van der Waals surface area contributed by atoms with Crippen molar-refractivity contribution in [1.29, 1.82) is 0 Å². The summed E-state index contributed by atoms with van der Waals surface area (Å²) in [6.45, 7) is 4.11. The zero-order chi connectivity index (χ0) is 27.4. The number of fused-ring (bicyclic) bond motifs is 1. The van der Waals surface area contributed by atoms with Gasteiger partial charge in [0.1, 0.15) is 17.9 Å². The minimum absolute atomic E-state index is 0.200. The Bertz CT molecular complexity index is 1620. The standard InChI is InChI=1S/C29H28N6O4/c1-18(2)23-16-27(35(34-23)20-10-6-5-7-11-20)33-29(36)32-19-9-8-12-21(13-19)39-28-22-14-25(37-3)26(38-4)15-24(22)30-17-31-28/h5-18H,1-4H3,(H2,32,33,36). The second-order valence-electron chi connectivity index (χ2n) is 8.97. The Balaban J connectivity index is 1.35. The van der Waals surface area contributed by atoms with Crippen molar-refractivity contribution in [1.82, 2.24) is 19.7 Å². The van der Waals surface area contributed by atoms with Gasteiger partial charge >= 0.3 is 6.03 Å². The van der Waals surface area contributed by atoms with Gasteiger partial charge in [-0.1, -0.05) is 38.1 Å². The maximum atomic E-state index is 13.0. The number of anilines is 2. The summed E-state index contributed by atoms with van der Waals surface area (Å²) in [5, 5.41) is 11.1. The Labute approximate surface area is 225 Å². The van der Waals surface area contributed by atoms with Crippen LogP contribution in [0.1, 0.15) is 25.5 Å². The SMILES string of the molecule is COc1cc2ncnc(Oc3cccc(NC(=O)Nc4cc(C(C)C)nn4-c4ccccc4)c3)c2cc1OC. The number of carbonyl (C=O) groups is 1. The van der Waals surface area contributed by atoms with E-state index in [2.05, 4.69) is 39.5 Å². The van der Waals surface area contributed by atoms with Crippen LogP contribution in [0.15, 0.2) is 79.1 Å². The molecule has 0 aliphatic carbocycles. The number of benzene rings is 3. The van der Waals surface area contributed by atoms with Crippen molar-refractivity contribution in [2.45, 2.75) is 19.8 Å². The normalized spacial score (nSPS) is 10.9. The fourth-order valence-corrected chi connectivity index (χ4v) is 4.00. The molecule has 0 radical (unpaired) electrons. The van der Waals surface area contributed by atoms with Crippen molar-refractivity contribution in [2.75, 3.05) is 24.9 Å². The summed E-state index contributed by atoms with van der Waals surface area (Å²) in [6, 6.07) is 21.7. The molecule has 0 bridgehead atoms. The van der Waals surface area contributed by atoms with Crippen LogP contribution in [-0.2, 0) is 0 Å². The lowest BCUT2D eigenvalue weighted by Gasteiger charge is -2.13. The number of nitrogens with one attached hydrogen (secondary N) is 2. The third-order valence-electron chi connectivity index (χ3n) is 5.97. The van der Waals surface area contributed by atoms with Gasteiger partial charge in [0.25, 0.3) is 0 Å². The average Bonchev–Trinajstić information content (AvgIpc) is 3.37. The predicted octanol–water partition coefficient (Wildman–Crippen LogP) is 6.39. The van der Waals surface area contributed by atoms with Gasteiger partial charge in [-0.2, -0.15) is 5.10 Å². The summed E-state index contributed by atoms with van der Waals surface area (Å²) in [7, 11) is 3.13. The number of hydrogen-bond acceptors (Lipinski definition) is 7. The van der Waals surface area contributed by atoms with Crippen LogP contribution in [0.5, 0.6) is 23.1 Å². The van der Waals surface area contributed by atoms with Crippen molar-refractivity contribution in [3.8, 4) is 28.8 Å². The van der Waals surface area contributed by atoms with Crippen molar-refractivity contribution in [3.05, 3.63) is 84.8 Å². The van der Waals surface area contributed by atoms with Gasteiger partial charge in [0.2, 0.25) is 5.88 Å². The quantitative estimate of drug-likeness (QED) is 0.242. The maximum Gasteiger partial charge on any atom is 0.324 e. The number of nitrogens with zero attached hydrogens (tertiary/aromatic N) is 4. The van der Waals surface area contributed by atoms with Gasteiger partial charge in [-0.3, -0.25) is 5.32 Å². The largest absolute Gasteiger partial charge is 0.493 e. The summed E-state index contributed by atoms with van der Waals surface area (Å²) >= 11 is 0. The number of aromatic nitrogens is 4. The van der Waals surface area contributed by atoms with Gasteiger partial charge in [0.15, 0.2) is 11.5 Å². The van der Waals surface area contributed by atoms with Gasteiger partial charge in [-0.05, 0) is 36.2 Å². The van der Waals surface area contributed by atoms with E-state index in [1.807, 2.05) is 36.4 Å². The minimum atomic E-state index is -0.413. The van der Waals surface area contributed by atoms with Crippen LogP contribution in [0.25, 0.3) is 16.6 Å². The first kappa shape index (κ1) is 25.5.